The fourth-order valence-electron chi connectivity index (χ4n) is 3.54. The van der Waals surface area contributed by atoms with Crippen LogP contribution in [0.25, 0.3) is 0 Å². The van der Waals surface area contributed by atoms with Gasteiger partial charge in [-0.15, -0.1) is 0 Å². The summed E-state index contributed by atoms with van der Waals surface area (Å²) in [5.74, 6) is 0.429. The van der Waals surface area contributed by atoms with Gasteiger partial charge in [0.15, 0.2) is 5.78 Å². The first kappa shape index (κ1) is 19.1. The van der Waals surface area contributed by atoms with Crippen molar-refractivity contribution in [3.8, 4) is 0 Å². The highest BCUT2D eigenvalue weighted by Gasteiger charge is 2.29. The number of aromatic nitrogens is 1. The minimum atomic E-state index is -0.232. The number of ketones is 2. The van der Waals surface area contributed by atoms with E-state index >= 15 is 0 Å². The summed E-state index contributed by atoms with van der Waals surface area (Å²) in [6, 6.07) is 10.3. The van der Waals surface area contributed by atoms with Crippen molar-refractivity contribution in [2.24, 2.45) is 5.92 Å². The van der Waals surface area contributed by atoms with Crippen LogP contribution in [0.1, 0.15) is 71.4 Å². The standard InChI is InChI=1S/C21H28N2O2/c1-12(2)19(17-10-8-7-9-11-17)23-15(5)21(25)20-13(3)18(16(6)24)14(4)22-20/h7-12,15,19,22-23H,1-6H3/p+1/t15-,19-/m0/s1. The Labute approximate surface area is 150 Å². The zero-order valence-corrected chi connectivity index (χ0v) is 16.0. The molecule has 0 aliphatic heterocycles. The Bertz CT molecular complexity index is 760. The average molecular weight is 341 g/mol. The molecule has 25 heavy (non-hydrogen) atoms. The minimum Gasteiger partial charge on any atom is -0.355 e. The molecular formula is C21H29N2O2+. The molecule has 0 saturated heterocycles. The molecule has 1 heterocycles. The van der Waals surface area contributed by atoms with E-state index in [0.29, 0.717) is 17.2 Å². The Morgan fingerprint density at radius 2 is 1.64 bits per heavy atom. The highest BCUT2D eigenvalue weighted by molar-refractivity contribution is 6.04. The van der Waals surface area contributed by atoms with Gasteiger partial charge < -0.3 is 10.3 Å². The SMILES string of the molecule is CC(=O)c1c(C)[nH]c(C(=O)[C@H](C)[NH2+][C@H](c2ccccc2)C(C)C)c1C. The Balaban J connectivity index is 2.25. The molecule has 2 rings (SSSR count). The van der Waals surface area contributed by atoms with E-state index in [-0.39, 0.29) is 23.7 Å². The molecule has 0 amide bonds. The highest BCUT2D eigenvalue weighted by atomic mass is 16.1. The minimum absolute atomic E-state index is 0.00808. The van der Waals surface area contributed by atoms with Crippen LogP contribution >= 0.6 is 0 Å². The number of hydrogen-bond donors (Lipinski definition) is 2. The number of nitrogens with one attached hydrogen (secondary N) is 1. The molecule has 0 fully saturated rings. The van der Waals surface area contributed by atoms with Gasteiger partial charge in [-0.1, -0.05) is 44.2 Å². The Hall–Kier alpha value is -2.20. The zero-order valence-electron chi connectivity index (χ0n) is 16.0. The summed E-state index contributed by atoms with van der Waals surface area (Å²) in [5, 5.41) is 2.13. The van der Waals surface area contributed by atoms with Crippen LogP contribution in [0.2, 0.25) is 0 Å². The maximum Gasteiger partial charge on any atom is 0.235 e. The molecule has 134 valence electrons. The van der Waals surface area contributed by atoms with Gasteiger partial charge in [-0.2, -0.15) is 0 Å². The van der Waals surface area contributed by atoms with Crippen LogP contribution in [0, 0.1) is 19.8 Å². The van der Waals surface area contributed by atoms with E-state index in [2.05, 4.69) is 36.3 Å². The van der Waals surface area contributed by atoms with Crippen molar-refractivity contribution in [1.82, 2.24) is 4.98 Å². The molecule has 3 N–H and O–H groups in total. The molecule has 0 saturated carbocycles. The normalized spacial score (nSPS) is 13.7. The predicted octanol–water partition coefficient (Wildman–Crippen LogP) is 3.37. The summed E-state index contributed by atoms with van der Waals surface area (Å²) in [4.78, 5) is 27.9. The van der Waals surface area contributed by atoms with E-state index in [1.165, 1.54) is 12.5 Å². The summed E-state index contributed by atoms with van der Waals surface area (Å²) in [5.41, 5.74) is 3.95. The molecule has 0 unspecified atom stereocenters. The second kappa shape index (κ2) is 7.79. The van der Waals surface area contributed by atoms with Crippen molar-refractivity contribution in [3.63, 3.8) is 0 Å². The fourth-order valence-corrected chi connectivity index (χ4v) is 3.54. The quantitative estimate of drug-likeness (QED) is 0.758. The van der Waals surface area contributed by atoms with Crippen molar-refractivity contribution in [3.05, 3.63) is 58.4 Å². The van der Waals surface area contributed by atoms with Crippen LogP contribution in [0.5, 0.6) is 0 Å². The zero-order chi connectivity index (χ0) is 18.7. The Kier molecular flexibility index (Phi) is 5.96. The molecule has 4 heteroatoms. The lowest BCUT2D eigenvalue weighted by atomic mass is 9.94. The molecule has 2 atom stereocenters. The summed E-state index contributed by atoms with van der Waals surface area (Å²) in [6.45, 7) is 11.5. The Morgan fingerprint density at radius 3 is 2.12 bits per heavy atom. The number of Topliss-reactive ketones (excluding diaryl/α,β-unsaturated/α-hetero) is 2. The van der Waals surface area contributed by atoms with Gasteiger partial charge in [0.1, 0.15) is 12.1 Å². The molecule has 0 aliphatic rings. The largest absolute Gasteiger partial charge is 0.355 e. The summed E-state index contributed by atoms with van der Waals surface area (Å²) in [6.07, 6.45) is 0. The number of carbonyl (C=O) groups excluding carboxylic acids is 2. The predicted molar refractivity (Wildman–Crippen MR) is 100 cm³/mol. The third-order valence-corrected chi connectivity index (χ3v) is 4.85. The van der Waals surface area contributed by atoms with Crippen LogP contribution in [-0.2, 0) is 0 Å². The van der Waals surface area contributed by atoms with Crippen LogP contribution < -0.4 is 5.32 Å². The smallest absolute Gasteiger partial charge is 0.235 e. The van der Waals surface area contributed by atoms with E-state index in [4.69, 9.17) is 0 Å². The van der Waals surface area contributed by atoms with Gasteiger partial charge in [-0.3, -0.25) is 9.59 Å². The monoisotopic (exact) mass is 341 g/mol. The first-order valence-electron chi connectivity index (χ1n) is 8.88. The first-order valence-corrected chi connectivity index (χ1v) is 8.88. The van der Waals surface area contributed by atoms with Crippen LogP contribution in [0.3, 0.4) is 0 Å². The number of rotatable bonds is 7. The van der Waals surface area contributed by atoms with Gasteiger partial charge >= 0.3 is 0 Å². The van der Waals surface area contributed by atoms with E-state index in [1.807, 2.05) is 39.0 Å². The van der Waals surface area contributed by atoms with E-state index in [9.17, 15) is 9.59 Å². The second-order valence-corrected chi connectivity index (χ2v) is 7.21. The molecule has 0 bridgehead atoms. The van der Waals surface area contributed by atoms with Crippen LogP contribution in [-0.4, -0.2) is 22.6 Å². The van der Waals surface area contributed by atoms with Crippen molar-refractivity contribution in [1.29, 1.82) is 0 Å². The van der Waals surface area contributed by atoms with E-state index < -0.39 is 0 Å². The number of carbonyl (C=O) groups is 2. The lowest BCUT2D eigenvalue weighted by Crippen LogP contribution is -2.92. The number of quaternary nitrogens is 1. The lowest BCUT2D eigenvalue weighted by molar-refractivity contribution is -0.718. The van der Waals surface area contributed by atoms with E-state index in [0.717, 1.165) is 11.3 Å². The van der Waals surface area contributed by atoms with Crippen molar-refractivity contribution in [2.45, 2.75) is 53.6 Å². The number of aromatic amines is 1. The lowest BCUT2D eigenvalue weighted by Gasteiger charge is -2.23. The molecule has 0 aliphatic carbocycles. The fraction of sp³-hybridized carbons (Fsp3) is 0.429. The molecule has 2 aromatic rings. The van der Waals surface area contributed by atoms with Gasteiger partial charge in [0.25, 0.3) is 0 Å². The van der Waals surface area contributed by atoms with Crippen molar-refractivity contribution in [2.75, 3.05) is 0 Å². The molecule has 1 aromatic heterocycles. The highest BCUT2D eigenvalue weighted by Crippen LogP contribution is 2.21. The molecule has 1 aromatic carbocycles. The van der Waals surface area contributed by atoms with Gasteiger partial charge in [0.05, 0.1) is 5.69 Å². The molecule has 0 spiro atoms. The molecular weight excluding hydrogens is 312 g/mol. The number of nitrogens with two attached hydrogens (primary N) is 1. The topological polar surface area (TPSA) is 66.5 Å². The second-order valence-electron chi connectivity index (χ2n) is 7.21. The van der Waals surface area contributed by atoms with Crippen molar-refractivity contribution < 1.29 is 14.9 Å². The number of benzene rings is 1. The third kappa shape index (κ3) is 4.07. The van der Waals surface area contributed by atoms with Gasteiger partial charge in [-0.25, -0.2) is 0 Å². The average Bonchev–Trinajstić information content (AvgIpc) is 2.86. The van der Waals surface area contributed by atoms with Crippen molar-refractivity contribution >= 4 is 11.6 Å². The molecule has 0 radical (unpaired) electrons. The summed E-state index contributed by atoms with van der Waals surface area (Å²) in [7, 11) is 0. The van der Waals surface area contributed by atoms with Crippen LogP contribution in [0.15, 0.2) is 30.3 Å². The Morgan fingerprint density at radius 1 is 1.04 bits per heavy atom. The third-order valence-electron chi connectivity index (χ3n) is 4.85. The molecule has 4 nitrogen and oxygen atoms in total. The van der Waals surface area contributed by atoms with Gasteiger partial charge in [-0.05, 0) is 33.3 Å². The van der Waals surface area contributed by atoms with Gasteiger partial charge in [0, 0.05) is 22.7 Å². The summed E-state index contributed by atoms with van der Waals surface area (Å²) < 4.78 is 0. The number of aryl methyl sites for hydroxylation is 1. The maximum atomic E-state index is 13.0. The number of H-pyrrole nitrogens is 1. The number of hydrogen-bond acceptors (Lipinski definition) is 2. The van der Waals surface area contributed by atoms with Gasteiger partial charge in [0.2, 0.25) is 5.78 Å². The van der Waals surface area contributed by atoms with E-state index in [1.54, 1.807) is 0 Å². The maximum absolute atomic E-state index is 13.0. The first-order chi connectivity index (χ1) is 11.7. The summed E-state index contributed by atoms with van der Waals surface area (Å²) >= 11 is 0. The van der Waals surface area contributed by atoms with Crippen LogP contribution in [0.4, 0.5) is 0 Å².